The van der Waals surface area contributed by atoms with Crippen molar-refractivity contribution in [2.75, 3.05) is 0 Å². The van der Waals surface area contributed by atoms with E-state index in [4.69, 9.17) is 11.6 Å². The first-order valence-corrected chi connectivity index (χ1v) is 7.42. The molecule has 0 aliphatic heterocycles. The predicted octanol–water partition coefficient (Wildman–Crippen LogP) is 4.02. The second-order valence-electron chi connectivity index (χ2n) is 3.81. The molecule has 1 amide bonds. The molecule has 1 aromatic heterocycles. The molecule has 0 aliphatic rings. The molecule has 0 saturated heterocycles. The maximum atomic E-state index is 11.7. The van der Waals surface area contributed by atoms with E-state index < -0.39 is 0 Å². The molecule has 1 heterocycles. The Kier molecular flexibility index (Phi) is 4.80. The second-order valence-corrected chi connectivity index (χ2v) is 6.16. The highest BCUT2D eigenvalue weighted by molar-refractivity contribution is 9.10. The Morgan fingerprint density at radius 2 is 2.22 bits per heavy atom. The van der Waals surface area contributed by atoms with Gasteiger partial charge in [-0.15, -0.1) is 11.3 Å². The summed E-state index contributed by atoms with van der Waals surface area (Å²) in [5, 5.41) is 5.54. The summed E-state index contributed by atoms with van der Waals surface area (Å²) in [5.41, 5.74) is 0.923. The van der Waals surface area contributed by atoms with Crippen molar-refractivity contribution in [2.24, 2.45) is 0 Å². The zero-order valence-corrected chi connectivity index (χ0v) is 12.6. The molecule has 0 spiro atoms. The molecule has 18 heavy (non-hydrogen) atoms. The first-order valence-electron chi connectivity index (χ1n) is 5.37. The van der Waals surface area contributed by atoms with Gasteiger partial charge in [0.2, 0.25) is 5.91 Å². The van der Waals surface area contributed by atoms with Gasteiger partial charge in [0.15, 0.2) is 0 Å². The van der Waals surface area contributed by atoms with E-state index >= 15 is 0 Å². The monoisotopic (exact) mass is 343 g/mol. The maximum absolute atomic E-state index is 11.7. The molecule has 2 aromatic rings. The molecule has 2 nitrogen and oxygen atoms in total. The van der Waals surface area contributed by atoms with E-state index in [0.29, 0.717) is 18.0 Å². The number of hydrogen-bond donors (Lipinski definition) is 1. The summed E-state index contributed by atoms with van der Waals surface area (Å²) >= 11 is 10.9. The van der Waals surface area contributed by atoms with Crippen LogP contribution in [0, 0.1) is 0 Å². The minimum atomic E-state index is 0.00166. The molecular weight excluding hydrogens is 334 g/mol. The number of carbonyl (C=O) groups excluding carboxylic acids is 1. The van der Waals surface area contributed by atoms with Gasteiger partial charge in [0, 0.05) is 19.8 Å². The standard InChI is InChI=1S/C13H11BrClNOS/c14-10-6-12(18-8-10)7-16-13(17)5-9-2-1-3-11(15)4-9/h1-4,6,8H,5,7H2,(H,16,17). The van der Waals surface area contributed by atoms with Gasteiger partial charge in [0.25, 0.3) is 0 Å². The normalized spacial score (nSPS) is 10.3. The second kappa shape index (κ2) is 6.36. The molecule has 1 N–H and O–H groups in total. The molecule has 0 saturated carbocycles. The van der Waals surface area contributed by atoms with Crippen LogP contribution in [-0.4, -0.2) is 5.91 Å². The number of nitrogens with one attached hydrogen (secondary N) is 1. The van der Waals surface area contributed by atoms with Crippen molar-refractivity contribution in [2.45, 2.75) is 13.0 Å². The summed E-state index contributed by atoms with van der Waals surface area (Å²) in [6.45, 7) is 0.565. The van der Waals surface area contributed by atoms with Crippen LogP contribution in [0.25, 0.3) is 0 Å². The number of carbonyl (C=O) groups is 1. The predicted molar refractivity (Wildman–Crippen MR) is 79.0 cm³/mol. The molecule has 5 heteroatoms. The Morgan fingerprint density at radius 1 is 1.39 bits per heavy atom. The number of benzene rings is 1. The van der Waals surface area contributed by atoms with Crippen LogP contribution in [-0.2, 0) is 17.8 Å². The van der Waals surface area contributed by atoms with Gasteiger partial charge >= 0.3 is 0 Å². The van der Waals surface area contributed by atoms with Crippen LogP contribution in [0.2, 0.25) is 5.02 Å². The van der Waals surface area contributed by atoms with Crippen LogP contribution >= 0.6 is 38.9 Å². The van der Waals surface area contributed by atoms with Crippen molar-refractivity contribution in [3.8, 4) is 0 Å². The minimum absolute atomic E-state index is 0.00166. The van der Waals surface area contributed by atoms with Crippen molar-refractivity contribution in [3.05, 3.63) is 55.6 Å². The lowest BCUT2D eigenvalue weighted by molar-refractivity contribution is -0.120. The molecule has 0 fully saturated rings. The molecule has 2 rings (SSSR count). The largest absolute Gasteiger partial charge is 0.351 e. The molecule has 0 atom stereocenters. The lowest BCUT2D eigenvalue weighted by Crippen LogP contribution is -2.24. The van der Waals surface area contributed by atoms with Gasteiger partial charge in [-0.1, -0.05) is 23.7 Å². The van der Waals surface area contributed by atoms with E-state index in [1.54, 1.807) is 17.4 Å². The van der Waals surface area contributed by atoms with E-state index in [2.05, 4.69) is 21.2 Å². The Morgan fingerprint density at radius 3 is 2.89 bits per heavy atom. The maximum Gasteiger partial charge on any atom is 0.224 e. The molecule has 94 valence electrons. The topological polar surface area (TPSA) is 29.1 Å². The zero-order chi connectivity index (χ0) is 13.0. The number of rotatable bonds is 4. The Balaban J connectivity index is 1.85. The fourth-order valence-electron chi connectivity index (χ4n) is 1.53. The summed E-state index contributed by atoms with van der Waals surface area (Å²) in [7, 11) is 0. The Bertz CT molecular complexity index is 555. The third kappa shape index (κ3) is 4.12. The highest BCUT2D eigenvalue weighted by Crippen LogP contribution is 2.19. The summed E-state index contributed by atoms with van der Waals surface area (Å²) in [6, 6.07) is 9.36. The van der Waals surface area contributed by atoms with Crippen LogP contribution in [0.4, 0.5) is 0 Å². The van der Waals surface area contributed by atoms with Crippen LogP contribution < -0.4 is 5.32 Å². The lowest BCUT2D eigenvalue weighted by Gasteiger charge is -2.04. The van der Waals surface area contributed by atoms with Gasteiger partial charge < -0.3 is 5.32 Å². The third-order valence-corrected chi connectivity index (χ3v) is 4.27. The van der Waals surface area contributed by atoms with E-state index in [-0.39, 0.29) is 5.91 Å². The first-order chi connectivity index (χ1) is 8.63. The summed E-state index contributed by atoms with van der Waals surface area (Å²) in [5.74, 6) is 0.00166. The SMILES string of the molecule is O=C(Cc1cccc(Cl)c1)NCc1cc(Br)cs1. The van der Waals surface area contributed by atoms with Gasteiger partial charge in [-0.3, -0.25) is 4.79 Å². The van der Waals surface area contributed by atoms with E-state index in [9.17, 15) is 4.79 Å². The highest BCUT2D eigenvalue weighted by atomic mass is 79.9. The number of hydrogen-bond acceptors (Lipinski definition) is 2. The average molecular weight is 345 g/mol. The van der Waals surface area contributed by atoms with Crippen LogP contribution in [0.3, 0.4) is 0 Å². The molecule has 0 unspecified atom stereocenters. The van der Waals surface area contributed by atoms with Crippen molar-refractivity contribution in [1.29, 1.82) is 0 Å². The zero-order valence-electron chi connectivity index (χ0n) is 9.45. The molecular formula is C13H11BrClNOS. The minimum Gasteiger partial charge on any atom is -0.351 e. The molecule has 0 bridgehead atoms. The lowest BCUT2D eigenvalue weighted by atomic mass is 10.1. The molecule has 0 radical (unpaired) electrons. The van der Waals surface area contributed by atoms with Gasteiger partial charge in [-0.25, -0.2) is 0 Å². The first kappa shape index (κ1) is 13.6. The van der Waals surface area contributed by atoms with Crippen LogP contribution in [0.1, 0.15) is 10.4 Å². The van der Waals surface area contributed by atoms with Crippen molar-refractivity contribution in [3.63, 3.8) is 0 Å². The van der Waals surface area contributed by atoms with Gasteiger partial charge in [0.05, 0.1) is 13.0 Å². The summed E-state index contributed by atoms with van der Waals surface area (Å²) in [6.07, 6.45) is 0.354. The number of thiophene rings is 1. The Labute approximate surface area is 123 Å². The molecule has 0 aliphatic carbocycles. The quantitative estimate of drug-likeness (QED) is 0.891. The van der Waals surface area contributed by atoms with Crippen molar-refractivity contribution >= 4 is 44.8 Å². The molecule has 1 aromatic carbocycles. The van der Waals surface area contributed by atoms with Crippen molar-refractivity contribution in [1.82, 2.24) is 5.32 Å². The number of amides is 1. The van der Waals surface area contributed by atoms with Crippen molar-refractivity contribution < 1.29 is 4.79 Å². The number of halogens is 2. The summed E-state index contributed by atoms with van der Waals surface area (Å²) < 4.78 is 1.05. The van der Waals surface area contributed by atoms with E-state index in [1.807, 2.05) is 29.6 Å². The fourth-order valence-corrected chi connectivity index (χ4v) is 3.13. The smallest absolute Gasteiger partial charge is 0.224 e. The summed E-state index contributed by atoms with van der Waals surface area (Å²) in [4.78, 5) is 12.9. The van der Waals surface area contributed by atoms with E-state index in [1.165, 1.54) is 0 Å². The third-order valence-electron chi connectivity index (χ3n) is 2.34. The van der Waals surface area contributed by atoms with Gasteiger partial charge in [-0.2, -0.15) is 0 Å². The Hall–Kier alpha value is -0.840. The highest BCUT2D eigenvalue weighted by Gasteiger charge is 2.04. The van der Waals surface area contributed by atoms with Gasteiger partial charge in [0.1, 0.15) is 0 Å². The van der Waals surface area contributed by atoms with Crippen LogP contribution in [0.15, 0.2) is 40.2 Å². The van der Waals surface area contributed by atoms with Crippen LogP contribution in [0.5, 0.6) is 0 Å². The van der Waals surface area contributed by atoms with Gasteiger partial charge in [-0.05, 0) is 39.7 Å². The fraction of sp³-hybridized carbons (Fsp3) is 0.154. The average Bonchev–Trinajstić information content (AvgIpc) is 2.73. The van der Waals surface area contributed by atoms with E-state index in [0.717, 1.165) is 14.9 Å².